The summed E-state index contributed by atoms with van der Waals surface area (Å²) < 4.78 is 13.0. The van der Waals surface area contributed by atoms with Crippen LogP contribution in [0.15, 0.2) is 24.3 Å². The van der Waals surface area contributed by atoms with Crippen molar-refractivity contribution >= 4 is 11.5 Å². The monoisotopic (exact) mass is 205 g/mol. The molecule has 78 valence electrons. The summed E-state index contributed by atoms with van der Waals surface area (Å²) in [7, 11) is 1.58. The van der Waals surface area contributed by atoms with Gasteiger partial charge in [-0.1, -0.05) is 6.07 Å². The fourth-order valence-electron chi connectivity index (χ4n) is 1.85. The highest BCUT2D eigenvalue weighted by atomic mass is 19.1. The van der Waals surface area contributed by atoms with Crippen LogP contribution in [0.2, 0.25) is 0 Å². The molecule has 0 spiro atoms. The molecule has 1 N–H and O–H groups in total. The standard InChI is InChI=1S/C12H12FNO/c1-14-12(15)6-9-3-2-8-4-5-10(13)7-11(8)9/h4-7H,2-3H2,1H3,(H,14,15)/b9-6+. The third kappa shape index (κ3) is 1.91. The van der Waals surface area contributed by atoms with Crippen molar-refractivity contribution in [2.75, 3.05) is 7.05 Å². The van der Waals surface area contributed by atoms with Gasteiger partial charge in [0.15, 0.2) is 0 Å². The van der Waals surface area contributed by atoms with Crippen LogP contribution >= 0.6 is 0 Å². The van der Waals surface area contributed by atoms with Crippen LogP contribution in [0.5, 0.6) is 0 Å². The molecule has 0 aliphatic heterocycles. The lowest BCUT2D eigenvalue weighted by Crippen LogP contribution is -2.14. The Morgan fingerprint density at radius 3 is 3.00 bits per heavy atom. The number of benzene rings is 1. The molecule has 2 rings (SSSR count). The molecule has 0 saturated heterocycles. The summed E-state index contributed by atoms with van der Waals surface area (Å²) in [6, 6.07) is 4.74. The van der Waals surface area contributed by atoms with Crippen molar-refractivity contribution in [3.8, 4) is 0 Å². The summed E-state index contributed by atoms with van der Waals surface area (Å²) in [5.41, 5.74) is 2.91. The summed E-state index contributed by atoms with van der Waals surface area (Å²) in [5, 5.41) is 2.53. The van der Waals surface area contributed by atoms with Crippen molar-refractivity contribution in [3.63, 3.8) is 0 Å². The first-order valence-corrected chi connectivity index (χ1v) is 4.92. The van der Waals surface area contributed by atoms with Crippen LogP contribution in [0.4, 0.5) is 4.39 Å². The van der Waals surface area contributed by atoms with E-state index in [1.54, 1.807) is 19.2 Å². The van der Waals surface area contributed by atoms with Gasteiger partial charge >= 0.3 is 0 Å². The number of rotatable bonds is 1. The first-order valence-electron chi connectivity index (χ1n) is 4.92. The molecule has 1 aliphatic carbocycles. The fourth-order valence-corrected chi connectivity index (χ4v) is 1.85. The highest BCUT2D eigenvalue weighted by molar-refractivity contribution is 5.96. The van der Waals surface area contributed by atoms with E-state index in [0.29, 0.717) is 0 Å². The summed E-state index contributed by atoms with van der Waals surface area (Å²) in [6.07, 6.45) is 3.25. The zero-order chi connectivity index (χ0) is 10.8. The zero-order valence-electron chi connectivity index (χ0n) is 8.51. The molecule has 1 aromatic rings. The number of carbonyl (C=O) groups excluding carboxylic acids is 1. The molecule has 0 aromatic heterocycles. The van der Waals surface area contributed by atoms with Gasteiger partial charge in [-0.2, -0.15) is 0 Å². The summed E-state index contributed by atoms with van der Waals surface area (Å²) in [5.74, 6) is -0.388. The maximum Gasteiger partial charge on any atom is 0.244 e. The normalized spacial score (nSPS) is 16.5. The quantitative estimate of drug-likeness (QED) is 0.697. The van der Waals surface area contributed by atoms with Gasteiger partial charge in [-0.3, -0.25) is 4.79 Å². The first-order chi connectivity index (χ1) is 7.20. The van der Waals surface area contributed by atoms with Crippen LogP contribution < -0.4 is 5.32 Å². The number of nitrogens with one attached hydrogen (secondary N) is 1. The van der Waals surface area contributed by atoms with Crippen molar-refractivity contribution in [2.45, 2.75) is 12.8 Å². The maximum absolute atomic E-state index is 13.0. The van der Waals surface area contributed by atoms with Gasteiger partial charge in [0.1, 0.15) is 5.82 Å². The van der Waals surface area contributed by atoms with Gasteiger partial charge in [0.05, 0.1) is 0 Å². The lowest BCUT2D eigenvalue weighted by molar-refractivity contribution is -0.116. The van der Waals surface area contributed by atoms with Gasteiger partial charge in [0, 0.05) is 13.1 Å². The zero-order valence-corrected chi connectivity index (χ0v) is 8.51. The number of hydrogen-bond acceptors (Lipinski definition) is 1. The van der Waals surface area contributed by atoms with E-state index in [1.807, 2.05) is 0 Å². The molecule has 1 aliphatic rings. The third-order valence-electron chi connectivity index (χ3n) is 2.63. The predicted octanol–water partition coefficient (Wildman–Crippen LogP) is 1.90. The smallest absolute Gasteiger partial charge is 0.244 e. The van der Waals surface area contributed by atoms with Crippen LogP contribution in [0.3, 0.4) is 0 Å². The lowest BCUT2D eigenvalue weighted by atomic mass is 10.1. The predicted molar refractivity (Wildman–Crippen MR) is 56.8 cm³/mol. The second-order valence-corrected chi connectivity index (χ2v) is 3.59. The van der Waals surface area contributed by atoms with Crippen LogP contribution in [0.25, 0.3) is 5.57 Å². The Morgan fingerprint density at radius 2 is 2.27 bits per heavy atom. The molecule has 0 unspecified atom stereocenters. The van der Waals surface area contributed by atoms with Gasteiger partial charge < -0.3 is 5.32 Å². The van der Waals surface area contributed by atoms with E-state index >= 15 is 0 Å². The molecule has 2 nitrogen and oxygen atoms in total. The number of allylic oxidation sites excluding steroid dienone is 1. The van der Waals surface area contributed by atoms with Crippen LogP contribution in [-0.4, -0.2) is 13.0 Å². The third-order valence-corrected chi connectivity index (χ3v) is 2.63. The highest BCUT2D eigenvalue weighted by Crippen LogP contribution is 2.32. The summed E-state index contributed by atoms with van der Waals surface area (Å²) in [4.78, 5) is 11.2. The molecule has 0 atom stereocenters. The minimum absolute atomic E-state index is 0.137. The summed E-state index contributed by atoms with van der Waals surface area (Å²) in [6.45, 7) is 0. The Labute approximate surface area is 87.8 Å². The van der Waals surface area contributed by atoms with Crippen molar-refractivity contribution < 1.29 is 9.18 Å². The Morgan fingerprint density at radius 1 is 1.47 bits per heavy atom. The van der Waals surface area contributed by atoms with Crippen molar-refractivity contribution in [1.82, 2.24) is 5.32 Å². The SMILES string of the molecule is CNC(=O)/C=C1\CCc2ccc(F)cc21. The highest BCUT2D eigenvalue weighted by Gasteiger charge is 2.17. The minimum atomic E-state index is -0.251. The maximum atomic E-state index is 13.0. The van der Waals surface area contributed by atoms with E-state index in [4.69, 9.17) is 0 Å². The van der Waals surface area contributed by atoms with Gasteiger partial charge in [-0.05, 0) is 41.7 Å². The van der Waals surface area contributed by atoms with E-state index in [2.05, 4.69) is 5.32 Å². The Bertz CT molecular complexity index is 437. The number of likely N-dealkylation sites (N-methyl/N-ethyl adjacent to an activating group) is 1. The topological polar surface area (TPSA) is 29.1 Å². The van der Waals surface area contributed by atoms with E-state index in [1.165, 1.54) is 12.1 Å². The largest absolute Gasteiger partial charge is 0.356 e. The molecule has 0 fully saturated rings. The average molecular weight is 205 g/mol. The molecular weight excluding hydrogens is 193 g/mol. The average Bonchev–Trinajstić information content (AvgIpc) is 2.61. The van der Waals surface area contributed by atoms with Gasteiger partial charge in [-0.25, -0.2) is 4.39 Å². The number of amides is 1. The number of halogens is 1. The van der Waals surface area contributed by atoms with Crippen molar-refractivity contribution in [1.29, 1.82) is 0 Å². The molecule has 15 heavy (non-hydrogen) atoms. The van der Waals surface area contributed by atoms with Crippen molar-refractivity contribution in [2.24, 2.45) is 0 Å². The molecule has 1 amide bonds. The van der Waals surface area contributed by atoms with Gasteiger partial charge in [0.2, 0.25) is 5.91 Å². The number of carbonyl (C=O) groups is 1. The molecule has 0 radical (unpaired) electrons. The van der Waals surface area contributed by atoms with Crippen molar-refractivity contribution in [3.05, 3.63) is 41.2 Å². The minimum Gasteiger partial charge on any atom is -0.356 e. The van der Waals surface area contributed by atoms with E-state index < -0.39 is 0 Å². The van der Waals surface area contributed by atoms with E-state index in [-0.39, 0.29) is 11.7 Å². The number of aryl methyl sites for hydroxylation is 1. The van der Waals surface area contributed by atoms with E-state index in [9.17, 15) is 9.18 Å². The molecule has 3 heteroatoms. The van der Waals surface area contributed by atoms with Crippen LogP contribution in [0, 0.1) is 5.82 Å². The lowest BCUT2D eigenvalue weighted by Gasteiger charge is -2.00. The molecular formula is C12H12FNO. The Hall–Kier alpha value is -1.64. The molecule has 0 saturated carbocycles. The van der Waals surface area contributed by atoms with Crippen LogP contribution in [-0.2, 0) is 11.2 Å². The molecule has 0 bridgehead atoms. The number of fused-ring (bicyclic) bond motifs is 1. The first kappa shape index (κ1) is 9.90. The molecule has 0 heterocycles. The molecule has 1 aromatic carbocycles. The second kappa shape index (κ2) is 3.85. The number of hydrogen-bond donors (Lipinski definition) is 1. The second-order valence-electron chi connectivity index (χ2n) is 3.59. The van der Waals surface area contributed by atoms with Gasteiger partial charge in [0.25, 0.3) is 0 Å². The van der Waals surface area contributed by atoms with Gasteiger partial charge in [-0.15, -0.1) is 0 Å². The summed E-state index contributed by atoms with van der Waals surface area (Å²) >= 11 is 0. The van der Waals surface area contributed by atoms with E-state index in [0.717, 1.165) is 29.5 Å². The van der Waals surface area contributed by atoms with Crippen LogP contribution in [0.1, 0.15) is 17.5 Å². The Kier molecular flexibility index (Phi) is 2.54. The fraction of sp³-hybridized carbons (Fsp3) is 0.250. The Balaban J connectivity index is 2.39.